The van der Waals surface area contributed by atoms with E-state index in [4.69, 9.17) is 0 Å². The van der Waals surface area contributed by atoms with Gasteiger partial charge in [-0.3, -0.25) is 0 Å². The monoisotopic (exact) mass is 761 g/mol. The van der Waals surface area contributed by atoms with Crippen LogP contribution in [0.25, 0.3) is 44.2 Å². The van der Waals surface area contributed by atoms with Crippen LogP contribution in [0.1, 0.15) is 112 Å². The van der Waals surface area contributed by atoms with Crippen LogP contribution in [-0.4, -0.2) is 0 Å². The fraction of sp³-hybridized carbons (Fsp3) is 0.241. The van der Waals surface area contributed by atoms with E-state index in [0.717, 1.165) is 6.42 Å². The minimum absolute atomic E-state index is 0.0491. The van der Waals surface area contributed by atoms with Gasteiger partial charge in [-0.2, -0.15) is 0 Å². The highest BCUT2D eigenvalue weighted by molar-refractivity contribution is 6.04. The molecule has 7 aromatic carbocycles. The van der Waals surface area contributed by atoms with Gasteiger partial charge in [0.05, 0.1) is 5.69 Å². The molecule has 288 valence electrons. The molecular formula is C58H51N. The van der Waals surface area contributed by atoms with Crippen molar-refractivity contribution >= 4 is 22.1 Å². The third kappa shape index (κ3) is 4.41. The van der Waals surface area contributed by atoms with Crippen LogP contribution in [0.2, 0.25) is 0 Å². The molecule has 5 aliphatic carbocycles. The quantitative estimate of drug-likeness (QED) is 0.173. The molecule has 12 rings (SSSR count). The molecule has 0 amide bonds. The summed E-state index contributed by atoms with van der Waals surface area (Å²) in [5.41, 5.74) is 24.5. The van der Waals surface area contributed by atoms with E-state index in [9.17, 15) is 0 Å². The number of rotatable bonds is 3. The van der Waals surface area contributed by atoms with Crippen LogP contribution >= 0.6 is 0 Å². The van der Waals surface area contributed by atoms with E-state index < -0.39 is 0 Å². The molecule has 0 saturated heterocycles. The normalized spacial score (nSPS) is 19.7. The molecule has 1 nitrogen and oxygen atoms in total. The summed E-state index contributed by atoms with van der Waals surface area (Å²) < 4.78 is 0. The van der Waals surface area contributed by atoms with Gasteiger partial charge < -0.3 is 4.90 Å². The van der Waals surface area contributed by atoms with E-state index in [1.165, 1.54) is 111 Å². The van der Waals surface area contributed by atoms with Crippen molar-refractivity contribution in [2.24, 2.45) is 0 Å². The van der Waals surface area contributed by atoms with Gasteiger partial charge in [0.1, 0.15) is 0 Å². The number of hydrogen-bond donors (Lipinski definition) is 0. The lowest BCUT2D eigenvalue weighted by Gasteiger charge is -2.35. The van der Waals surface area contributed by atoms with Crippen molar-refractivity contribution in [3.05, 3.63) is 201 Å². The van der Waals surface area contributed by atoms with Crippen LogP contribution in [0.3, 0.4) is 0 Å². The highest BCUT2D eigenvalue weighted by Gasteiger charge is 2.46. The van der Waals surface area contributed by atoms with Gasteiger partial charge in [-0.05, 0) is 126 Å². The molecule has 0 radical (unpaired) electrons. The summed E-state index contributed by atoms with van der Waals surface area (Å²) in [7, 11) is 0. The Kier molecular flexibility index (Phi) is 6.79. The van der Waals surface area contributed by atoms with Gasteiger partial charge >= 0.3 is 0 Å². The maximum absolute atomic E-state index is 2.63. The Morgan fingerprint density at radius 3 is 1.86 bits per heavy atom. The fourth-order valence-corrected chi connectivity index (χ4v) is 12.5. The molecule has 59 heavy (non-hydrogen) atoms. The van der Waals surface area contributed by atoms with Crippen LogP contribution in [0.15, 0.2) is 157 Å². The lowest BCUT2D eigenvalue weighted by atomic mass is 9.78. The minimum Gasteiger partial charge on any atom is -0.310 e. The molecule has 0 spiro atoms. The van der Waals surface area contributed by atoms with Gasteiger partial charge in [-0.25, -0.2) is 0 Å². The number of hydrogen-bond acceptors (Lipinski definition) is 1. The summed E-state index contributed by atoms with van der Waals surface area (Å²) in [6.45, 7) is 19.4. The van der Waals surface area contributed by atoms with Crippen molar-refractivity contribution in [2.45, 2.75) is 89.4 Å². The molecule has 0 bridgehead atoms. The standard InChI is InChI=1S/C58H51N/c1-55(2)44-20-13-11-18-38(44)40-27-25-35(30-48(40)55)59(36-26-28-41-39-19-12-14-21-45(39)56(3,4)49(41)31-36)52-23-15-22-46-54(52)43-33-50-42(32-51(43)57(46,5)6)53-37-17-10-9-16-34(37)24-29-47(53)58(50,7)8/h9-27,29-33,41H,28H2,1-8H3. The SMILES string of the molecule is CC1(C)C2=CC(N(c3ccc4c(c3)C(C)(C)c3ccccc3-4)c3cccc4c3-c3cc5c(cc3C4(C)C)-c3c(ccc4ccccc34)C5(C)C)=CCC2c2ccccc21. The van der Waals surface area contributed by atoms with E-state index >= 15 is 0 Å². The lowest BCUT2D eigenvalue weighted by Crippen LogP contribution is -2.24. The van der Waals surface area contributed by atoms with Gasteiger partial charge in [-0.1, -0.05) is 170 Å². The predicted octanol–water partition coefficient (Wildman–Crippen LogP) is 15.2. The van der Waals surface area contributed by atoms with Gasteiger partial charge in [0.2, 0.25) is 0 Å². The van der Waals surface area contributed by atoms with E-state index in [1.807, 2.05) is 0 Å². The van der Waals surface area contributed by atoms with Crippen LogP contribution in [0.4, 0.5) is 11.4 Å². The zero-order valence-corrected chi connectivity index (χ0v) is 35.6. The van der Waals surface area contributed by atoms with Crippen molar-refractivity contribution in [3.8, 4) is 33.4 Å². The first-order valence-electron chi connectivity index (χ1n) is 21.7. The summed E-state index contributed by atoms with van der Waals surface area (Å²) in [6.07, 6.45) is 6.09. The smallest absolute Gasteiger partial charge is 0.0543 e. The summed E-state index contributed by atoms with van der Waals surface area (Å²) >= 11 is 0. The summed E-state index contributed by atoms with van der Waals surface area (Å²) in [5, 5.41) is 2.66. The topological polar surface area (TPSA) is 3.24 Å². The Balaban J connectivity index is 1.10. The van der Waals surface area contributed by atoms with E-state index in [2.05, 4.69) is 206 Å². The second kappa shape index (κ2) is 11.4. The van der Waals surface area contributed by atoms with Crippen molar-refractivity contribution in [3.63, 3.8) is 0 Å². The molecule has 0 aliphatic heterocycles. The first-order chi connectivity index (χ1) is 28.3. The number of fused-ring (bicyclic) bond motifs is 14. The predicted molar refractivity (Wildman–Crippen MR) is 248 cm³/mol. The minimum atomic E-state index is -0.181. The van der Waals surface area contributed by atoms with Gasteiger partial charge in [-0.15, -0.1) is 0 Å². The Morgan fingerprint density at radius 1 is 0.458 bits per heavy atom. The highest BCUT2D eigenvalue weighted by Crippen LogP contribution is 2.61. The van der Waals surface area contributed by atoms with Crippen molar-refractivity contribution in [1.82, 2.24) is 0 Å². The van der Waals surface area contributed by atoms with Crippen molar-refractivity contribution in [2.75, 3.05) is 4.90 Å². The molecule has 0 saturated carbocycles. The molecule has 0 N–H and O–H groups in total. The van der Waals surface area contributed by atoms with Crippen LogP contribution in [0.5, 0.6) is 0 Å². The Labute approximate surface area is 349 Å². The summed E-state index contributed by atoms with van der Waals surface area (Å²) in [5.74, 6) is 0.406. The maximum atomic E-state index is 2.63. The molecule has 0 heterocycles. The molecule has 1 atom stereocenters. The third-order valence-corrected chi connectivity index (χ3v) is 15.7. The van der Waals surface area contributed by atoms with E-state index in [0.29, 0.717) is 5.92 Å². The first-order valence-corrected chi connectivity index (χ1v) is 21.7. The summed E-state index contributed by atoms with van der Waals surface area (Å²) in [6, 6.07) is 51.4. The number of allylic oxidation sites excluding steroid dienone is 3. The van der Waals surface area contributed by atoms with Crippen LogP contribution in [0, 0.1) is 0 Å². The fourth-order valence-electron chi connectivity index (χ4n) is 12.5. The Morgan fingerprint density at radius 2 is 1.07 bits per heavy atom. The number of anilines is 2. The molecule has 0 aromatic heterocycles. The Bertz CT molecular complexity index is 3090. The van der Waals surface area contributed by atoms with Crippen molar-refractivity contribution in [1.29, 1.82) is 0 Å². The Hall–Kier alpha value is -5.92. The van der Waals surface area contributed by atoms with Crippen LogP contribution in [-0.2, 0) is 21.7 Å². The average molecular weight is 762 g/mol. The molecule has 5 aliphatic rings. The summed E-state index contributed by atoms with van der Waals surface area (Å²) in [4.78, 5) is 2.63. The second-order valence-corrected chi connectivity index (χ2v) is 20.1. The number of nitrogens with zero attached hydrogens (tertiary/aromatic N) is 1. The zero-order valence-electron chi connectivity index (χ0n) is 35.6. The largest absolute Gasteiger partial charge is 0.310 e. The molecule has 7 aromatic rings. The first kappa shape index (κ1) is 35.1. The van der Waals surface area contributed by atoms with Gasteiger partial charge in [0, 0.05) is 44.5 Å². The van der Waals surface area contributed by atoms with Crippen molar-refractivity contribution < 1.29 is 0 Å². The number of benzene rings is 7. The molecular weight excluding hydrogens is 711 g/mol. The third-order valence-electron chi connectivity index (χ3n) is 15.7. The van der Waals surface area contributed by atoms with E-state index in [1.54, 1.807) is 0 Å². The zero-order chi connectivity index (χ0) is 40.4. The van der Waals surface area contributed by atoms with Gasteiger partial charge in [0.25, 0.3) is 0 Å². The van der Waals surface area contributed by atoms with Gasteiger partial charge in [0.15, 0.2) is 0 Å². The van der Waals surface area contributed by atoms with Crippen LogP contribution < -0.4 is 4.90 Å². The molecule has 0 fully saturated rings. The highest BCUT2D eigenvalue weighted by atomic mass is 15.2. The molecule has 1 heteroatoms. The average Bonchev–Trinajstić information content (AvgIpc) is 3.81. The second-order valence-electron chi connectivity index (χ2n) is 20.1. The maximum Gasteiger partial charge on any atom is 0.0543 e. The lowest BCUT2D eigenvalue weighted by molar-refractivity contribution is 0.609. The molecule has 1 unspecified atom stereocenters. The van der Waals surface area contributed by atoms with E-state index in [-0.39, 0.29) is 21.7 Å².